The third kappa shape index (κ3) is 3.03. The molecule has 3 nitrogen and oxygen atoms in total. The first kappa shape index (κ1) is 11.1. The van der Waals surface area contributed by atoms with Crippen molar-refractivity contribution in [2.24, 2.45) is 0 Å². The summed E-state index contributed by atoms with van der Waals surface area (Å²) in [5.74, 6) is -0.974. The molecule has 0 bridgehead atoms. The molecule has 16 heavy (non-hydrogen) atoms. The van der Waals surface area contributed by atoms with E-state index in [2.05, 4.69) is 4.74 Å². The number of hydrogen-bond donors (Lipinski definition) is 0. The van der Waals surface area contributed by atoms with Crippen molar-refractivity contribution in [1.29, 1.82) is 0 Å². The van der Waals surface area contributed by atoms with E-state index in [1.54, 1.807) is 0 Å². The fourth-order valence-electron chi connectivity index (χ4n) is 1.12. The summed E-state index contributed by atoms with van der Waals surface area (Å²) >= 11 is 0. The fourth-order valence-corrected chi connectivity index (χ4v) is 1.12. The molecule has 1 aromatic carbocycles. The van der Waals surface area contributed by atoms with Crippen molar-refractivity contribution in [2.75, 3.05) is 13.2 Å². The molecule has 88 valence electrons. The van der Waals surface area contributed by atoms with Gasteiger partial charge in [0, 0.05) is 6.07 Å². The molecule has 1 fully saturated rings. The van der Waals surface area contributed by atoms with Crippen LogP contribution in [0.4, 0.5) is 13.2 Å². The van der Waals surface area contributed by atoms with Crippen LogP contribution in [0.1, 0.15) is 0 Å². The van der Waals surface area contributed by atoms with E-state index in [-0.39, 0.29) is 24.2 Å². The van der Waals surface area contributed by atoms with Crippen LogP contribution in [0.2, 0.25) is 0 Å². The van der Waals surface area contributed by atoms with E-state index in [1.807, 2.05) is 0 Å². The zero-order valence-corrected chi connectivity index (χ0v) is 8.16. The molecular formula is C10H9F3O3. The molecule has 0 saturated carbocycles. The SMILES string of the molecule is Fc1cc(OC(F)F)ccc1OCC1CO1. The van der Waals surface area contributed by atoms with Gasteiger partial charge in [-0.2, -0.15) is 8.78 Å². The highest BCUT2D eigenvalue weighted by Crippen LogP contribution is 2.24. The average Bonchev–Trinajstić information content (AvgIpc) is 2.99. The lowest BCUT2D eigenvalue weighted by atomic mass is 10.3. The van der Waals surface area contributed by atoms with Crippen LogP contribution in [-0.2, 0) is 4.74 Å². The zero-order valence-electron chi connectivity index (χ0n) is 8.16. The third-order valence-electron chi connectivity index (χ3n) is 1.96. The van der Waals surface area contributed by atoms with Crippen molar-refractivity contribution in [3.63, 3.8) is 0 Å². The topological polar surface area (TPSA) is 31.0 Å². The molecule has 0 radical (unpaired) electrons. The van der Waals surface area contributed by atoms with Crippen molar-refractivity contribution >= 4 is 0 Å². The Balaban J connectivity index is 1.97. The molecule has 6 heteroatoms. The molecule has 2 rings (SSSR count). The second kappa shape index (κ2) is 4.61. The minimum Gasteiger partial charge on any atom is -0.488 e. The molecule has 0 aromatic heterocycles. The summed E-state index contributed by atoms with van der Waals surface area (Å²) in [5, 5.41) is 0. The highest BCUT2D eigenvalue weighted by atomic mass is 19.3. The van der Waals surface area contributed by atoms with Crippen LogP contribution in [0.25, 0.3) is 0 Å². The molecule has 1 aliphatic heterocycles. The number of alkyl halides is 2. The lowest BCUT2D eigenvalue weighted by Gasteiger charge is -2.08. The minimum absolute atomic E-state index is 0.00267. The van der Waals surface area contributed by atoms with Crippen LogP contribution < -0.4 is 9.47 Å². The molecule has 0 aliphatic carbocycles. The van der Waals surface area contributed by atoms with Gasteiger partial charge in [-0.05, 0) is 12.1 Å². The van der Waals surface area contributed by atoms with Gasteiger partial charge in [-0.25, -0.2) is 4.39 Å². The smallest absolute Gasteiger partial charge is 0.387 e. The van der Waals surface area contributed by atoms with Crippen LogP contribution in [0, 0.1) is 5.82 Å². The van der Waals surface area contributed by atoms with Crippen LogP contribution in [0.3, 0.4) is 0 Å². The predicted molar refractivity (Wildman–Crippen MR) is 48.3 cm³/mol. The van der Waals surface area contributed by atoms with Crippen molar-refractivity contribution < 1.29 is 27.4 Å². The van der Waals surface area contributed by atoms with E-state index in [1.165, 1.54) is 12.1 Å². The van der Waals surface area contributed by atoms with Crippen LogP contribution in [0.15, 0.2) is 18.2 Å². The third-order valence-corrected chi connectivity index (χ3v) is 1.96. The van der Waals surface area contributed by atoms with Crippen molar-refractivity contribution in [3.8, 4) is 11.5 Å². The number of epoxide rings is 1. The first-order valence-electron chi connectivity index (χ1n) is 4.64. The molecule has 1 aromatic rings. The zero-order chi connectivity index (χ0) is 11.5. The highest BCUT2D eigenvalue weighted by Gasteiger charge is 2.23. The van der Waals surface area contributed by atoms with Crippen molar-refractivity contribution in [2.45, 2.75) is 12.7 Å². The van der Waals surface area contributed by atoms with Gasteiger partial charge in [0.2, 0.25) is 0 Å². The second-order valence-corrected chi connectivity index (χ2v) is 3.24. The maximum absolute atomic E-state index is 13.3. The summed E-state index contributed by atoms with van der Waals surface area (Å²) in [7, 11) is 0. The molecule has 1 aliphatic rings. The molecular weight excluding hydrogens is 225 g/mol. The van der Waals surface area contributed by atoms with Gasteiger partial charge in [0.1, 0.15) is 18.5 Å². The van der Waals surface area contributed by atoms with E-state index in [0.29, 0.717) is 6.61 Å². The second-order valence-electron chi connectivity index (χ2n) is 3.24. The predicted octanol–water partition coefficient (Wildman–Crippen LogP) is 2.20. The van der Waals surface area contributed by atoms with E-state index in [4.69, 9.17) is 9.47 Å². The van der Waals surface area contributed by atoms with E-state index < -0.39 is 12.4 Å². The van der Waals surface area contributed by atoms with E-state index in [9.17, 15) is 13.2 Å². The summed E-state index contributed by atoms with van der Waals surface area (Å²) in [6.45, 7) is -2.11. The standard InChI is InChI=1S/C10H9F3O3/c11-8-3-6(16-10(12)13)1-2-9(8)15-5-7-4-14-7/h1-3,7,10H,4-5H2. The number of halogens is 3. The number of hydrogen-bond acceptors (Lipinski definition) is 3. The minimum atomic E-state index is -2.97. The molecule has 1 atom stereocenters. The number of benzene rings is 1. The van der Waals surface area contributed by atoms with Crippen molar-refractivity contribution in [3.05, 3.63) is 24.0 Å². The van der Waals surface area contributed by atoms with Crippen molar-refractivity contribution in [1.82, 2.24) is 0 Å². The molecule has 1 saturated heterocycles. The molecule has 1 unspecified atom stereocenters. The maximum Gasteiger partial charge on any atom is 0.387 e. The van der Waals surface area contributed by atoms with Gasteiger partial charge < -0.3 is 14.2 Å². The Bertz CT molecular complexity index is 366. The first-order valence-corrected chi connectivity index (χ1v) is 4.64. The Labute approximate surface area is 89.7 Å². The fraction of sp³-hybridized carbons (Fsp3) is 0.400. The lowest BCUT2D eigenvalue weighted by Crippen LogP contribution is -2.06. The monoisotopic (exact) mass is 234 g/mol. The van der Waals surface area contributed by atoms with Crippen LogP contribution in [0.5, 0.6) is 11.5 Å². The van der Waals surface area contributed by atoms with E-state index >= 15 is 0 Å². The summed E-state index contributed by atoms with van der Waals surface area (Å²) in [6.07, 6.45) is 0.0105. The Morgan fingerprint density at radius 3 is 2.75 bits per heavy atom. The lowest BCUT2D eigenvalue weighted by molar-refractivity contribution is -0.0500. The van der Waals surface area contributed by atoms with Gasteiger partial charge in [-0.1, -0.05) is 0 Å². The Kier molecular flexibility index (Phi) is 3.19. The Morgan fingerprint density at radius 2 is 2.19 bits per heavy atom. The van der Waals surface area contributed by atoms with Gasteiger partial charge in [0.05, 0.1) is 6.61 Å². The van der Waals surface area contributed by atoms with Crippen LogP contribution >= 0.6 is 0 Å². The van der Waals surface area contributed by atoms with Gasteiger partial charge in [-0.3, -0.25) is 0 Å². The highest BCUT2D eigenvalue weighted by molar-refractivity contribution is 5.33. The molecule has 0 amide bonds. The van der Waals surface area contributed by atoms with Gasteiger partial charge in [0.25, 0.3) is 0 Å². The maximum atomic E-state index is 13.3. The Hall–Kier alpha value is -1.43. The number of rotatable bonds is 5. The first-order chi connectivity index (χ1) is 7.65. The normalized spacial score (nSPS) is 18.6. The van der Waals surface area contributed by atoms with E-state index in [0.717, 1.165) is 6.07 Å². The molecule has 1 heterocycles. The van der Waals surface area contributed by atoms with Gasteiger partial charge >= 0.3 is 6.61 Å². The van der Waals surface area contributed by atoms with Gasteiger partial charge in [-0.15, -0.1) is 0 Å². The van der Waals surface area contributed by atoms with Crippen LogP contribution in [-0.4, -0.2) is 25.9 Å². The summed E-state index contributed by atoms with van der Waals surface area (Å²) in [6, 6.07) is 3.32. The molecule has 0 spiro atoms. The average molecular weight is 234 g/mol. The Morgan fingerprint density at radius 1 is 1.44 bits per heavy atom. The van der Waals surface area contributed by atoms with Gasteiger partial charge in [0.15, 0.2) is 11.6 Å². The summed E-state index contributed by atoms with van der Waals surface area (Å²) in [4.78, 5) is 0. The largest absolute Gasteiger partial charge is 0.488 e. The quantitative estimate of drug-likeness (QED) is 0.732. The molecule has 0 N–H and O–H groups in total. The summed E-state index contributed by atoms with van der Waals surface area (Å²) in [5.41, 5.74) is 0. The number of ether oxygens (including phenoxy) is 3. The summed E-state index contributed by atoms with van der Waals surface area (Å²) < 4.78 is 50.9.